The molecule has 0 spiro atoms. The Labute approximate surface area is 151 Å². The lowest BCUT2D eigenvalue weighted by molar-refractivity contribution is -0.316. The van der Waals surface area contributed by atoms with Gasteiger partial charge in [-0.3, -0.25) is 4.79 Å². The topological polar surface area (TPSA) is 97.2 Å². The Balaban J connectivity index is 1.95. The molecule has 0 fully saturated rings. The van der Waals surface area contributed by atoms with Gasteiger partial charge >= 0.3 is 0 Å². The van der Waals surface area contributed by atoms with Crippen LogP contribution in [0, 0.1) is 13.8 Å². The van der Waals surface area contributed by atoms with Crippen molar-refractivity contribution in [2.75, 3.05) is 0 Å². The summed E-state index contributed by atoms with van der Waals surface area (Å²) in [4.78, 5) is 33.6. The van der Waals surface area contributed by atoms with Crippen LogP contribution in [0.15, 0.2) is 60.7 Å². The Morgan fingerprint density at radius 3 is 2.12 bits per heavy atom. The molecule has 0 bridgehead atoms. The monoisotopic (exact) mass is 368 g/mol. The van der Waals surface area contributed by atoms with E-state index in [1.54, 1.807) is 13.0 Å². The summed E-state index contributed by atoms with van der Waals surface area (Å²) in [5, 5.41) is 1.49. The zero-order valence-electron chi connectivity index (χ0n) is 14.3. The predicted octanol–water partition coefficient (Wildman–Crippen LogP) is 2.32. The summed E-state index contributed by atoms with van der Waals surface area (Å²) in [5.41, 5.74) is 4.47. The van der Waals surface area contributed by atoms with E-state index in [1.165, 1.54) is 5.09 Å². The van der Waals surface area contributed by atoms with E-state index in [1.807, 2.05) is 66.1 Å². The quantitative estimate of drug-likeness (QED) is 0.715. The highest BCUT2D eigenvalue weighted by atomic mass is 31.2. The molecular formula is C19H17N2O4P-2. The number of carbonyl (C=O) groups is 1. The summed E-state index contributed by atoms with van der Waals surface area (Å²) in [6, 6.07) is 19.3. The van der Waals surface area contributed by atoms with Gasteiger partial charge in [-0.2, -0.15) is 0 Å². The zero-order chi connectivity index (χ0) is 18.9. The van der Waals surface area contributed by atoms with Gasteiger partial charge in [-0.1, -0.05) is 42.5 Å². The largest absolute Gasteiger partial charge is 0.795 e. The van der Waals surface area contributed by atoms with E-state index < -0.39 is 13.7 Å². The molecule has 0 atom stereocenters. The Kier molecular flexibility index (Phi) is 4.83. The molecule has 1 N–H and O–H groups in total. The minimum absolute atomic E-state index is 0.154. The molecule has 0 saturated heterocycles. The third kappa shape index (κ3) is 3.78. The first-order valence-corrected chi connectivity index (χ1v) is 9.50. The Bertz CT molecular complexity index is 988. The Hall–Kier alpha value is -2.66. The molecule has 0 unspecified atom stereocenters. The molecule has 3 rings (SSSR count). The Morgan fingerprint density at radius 2 is 1.54 bits per heavy atom. The van der Waals surface area contributed by atoms with Crippen molar-refractivity contribution in [2.24, 2.45) is 0 Å². The molecule has 3 aromatic rings. The molecule has 26 heavy (non-hydrogen) atoms. The summed E-state index contributed by atoms with van der Waals surface area (Å²) >= 11 is 0. The molecule has 1 amide bonds. The third-order valence-corrected chi connectivity index (χ3v) is 4.62. The minimum atomic E-state index is -5.13. The van der Waals surface area contributed by atoms with E-state index in [-0.39, 0.29) is 5.56 Å². The van der Waals surface area contributed by atoms with E-state index in [0.29, 0.717) is 5.69 Å². The maximum absolute atomic E-state index is 12.0. The predicted molar refractivity (Wildman–Crippen MR) is 95.8 cm³/mol. The molecule has 134 valence electrons. The van der Waals surface area contributed by atoms with Crippen molar-refractivity contribution in [1.82, 2.24) is 9.65 Å². The second kappa shape index (κ2) is 6.92. The van der Waals surface area contributed by atoms with E-state index in [2.05, 4.69) is 0 Å². The van der Waals surface area contributed by atoms with Crippen molar-refractivity contribution < 1.29 is 19.1 Å². The van der Waals surface area contributed by atoms with Crippen LogP contribution < -0.4 is 14.9 Å². The highest BCUT2D eigenvalue weighted by molar-refractivity contribution is 7.47. The summed E-state index contributed by atoms with van der Waals surface area (Å²) in [6.07, 6.45) is 0. The van der Waals surface area contributed by atoms with Crippen LogP contribution in [0.5, 0.6) is 0 Å². The molecule has 2 aromatic carbocycles. The summed E-state index contributed by atoms with van der Waals surface area (Å²) in [6.45, 7) is 3.51. The van der Waals surface area contributed by atoms with E-state index in [0.717, 1.165) is 22.5 Å². The fourth-order valence-electron chi connectivity index (χ4n) is 3.01. The van der Waals surface area contributed by atoms with Crippen LogP contribution in [0.4, 0.5) is 0 Å². The van der Waals surface area contributed by atoms with Crippen molar-refractivity contribution >= 4 is 13.7 Å². The molecule has 7 heteroatoms. The van der Waals surface area contributed by atoms with Crippen LogP contribution in [0.25, 0.3) is 16.8 Å². The van der Waals surface area contributed by atoms with Crippen LogP contribution in [-0.4, -0.2) is 10.5 Å². The van der Waals surface area contributed by atoms with Crippen molar-refractivity contribution in [2.45, 2.75) is 13.8 Å². The van der Waals surface area contributed by atoms with Gasteiger partial charge in [0.15, 0.2) is 0 Å². The van der Waals surface area contributed by atoms with Crippen LogP contribution in [0.1, 0.15) is 21.7 Å². The first-order valence-electron chi connectivity index (χ1n) is 7.96. The average Bonchev–Trinajstić information content (AvgIpc) is 2.89. The number of nitrogens with zero attached hydrogens (tertiary/aromatic N) is 1. The second-order valence-electron chi connectivity index (χ2n) is 5.97. The van der Waals surface area contributed by atoms with Crippen molar-refractivity contribution in [1.29, 1.82) is 0 Å². The third-order valence-electron chi connectivity index (χ3n) is 4.15. The van der Waals surface area contributed by atoms with Gasteiger partial charge in [0.05, 0.1) is 5.56 Å². The fraction of sp³-hybridized carbons (Fsp3) is 0.105. The molecule has 6 nitrogen and oxygen atoms in total. The number of hydrogen-bond acceptors (Lipinski definition) is 4. The first kappa shape index (κ1) is 18.1. The lowest BCUT2D eigenvalue weighted by Gasteiger charge is -2.29. The smallest absolute Gasteiger partial charge is 0.256 e. The minimum Gasteiger partial charge on any atom is -0.795 e. The average molecular weight is 368 g/mol. The molecule has 0 aliphatic carbocycles. The van der Waals surface area contributed by atoms with Crippen LogP contribution in [0.2, 0.25) is 0 Å². The first-order chi connectivity index (χ1) is 12.3. The molecule has 0 saturated carbocycles. The van der Waals surface area contributed by atoms with Crippen LogP contribution >= 0.6 is 7.75 Å². The normalized spacial score (nSPS) is 11.4. The number of nitrogens with one attached hydrogen (secondary N) is 1. The van der Waals surface area contributed by atoms with Crippen molar-refractivity contribution in [3.05, 3.63) is 77.6 Å². The van der Waals surface area contributed by atoms with Gasteiger partial charge in [0, 0.05) is 24.8 Å². The second-order valence-corrected chi connectivity index (χ2v) is 7.19. The molecular weight excluding hydrogens is 351 g/mol. The molecule has 0 radical (unpaired) electrons. The number of hydrogen-bond donors (Lipinski definition) is 1. The van der Waals surface area contributed by atoms with Gasteiger partial charge < -0.3 is 24.0 Å². The van der Waals surface area contributed by atoms with Gasteiger partial charge in [0.2, 0.25) is 0 Å². The fourth-order valence-corrected chi connectivity index (χ4v) is 3.38. The highest BCUT2D eigenvalue weighted by Crippen LogP contribution is 2.26. The number of amides is 1. The SMILES string of the molecule is Cc1cc(C(=O)NP(=O)([O-])[O-])c(C)n1-c1ccc(-c2ccccc2)cc1. The molecule has 1 aromatic heterocycles. The maximum atomic E-state index is 12.0. The van der Waals surface area contributed by atoms with Crippen molar-refractivity contribution in [3.8, 4) is 16.8 Å². The molecule has 0 aliphatic heterocycles. The summed E-state index contributed by atoms with van der Waals surface area (Å²) in [5.74, 6) is -0.918. The van der Waals surface area contributed by atoms with Crippen LogP contribution in [-0.2, 0) is 4.57 Å². The molecule has 1 heterocycles. The van der Waals surface area contributed by atoms with Gasteiger partial charge in [0.1, 0.15) is 0 Å². The summed E-state index contributed by atoms with van der Waals surface area (Å²) < 4.78 is 12.6. The highest BCUT2D eigenvalue weighted by Gasteiger charge is 2.17. The Morgan fingerprint density at radius 1 is 0.962 bits per heavy atom. The molecule has 0 aliphatic rings. The standard InChI is InChI=1S/C19H19N2O4P/c1-13-12-18(19(22)20-26(23,24)25)14(2)21(13)17-10-8-16(9-11-17)15-6-4-3-5-7-15/h3-12H,1-2H3,(H3,20,22,23,24,25)/p-2. The van der Waals surface area contributed by atoms with Gasteiger partial charge in [-0.25, -0.2) is 0 Å². The lowest BCUT2D eigenvalue weighted by Crippen LogP contribution is -2.32. The van der Waals surface area contributed by atoms with E-state index >= 15 is 0 Å². The van der Waals surface area contributed by atoms with E-state index in [4.69, 9.17) is 0 Å². The number of aryl methyl sites for hydroxylation is 1. The van der Waals surface area contributed by atoms with Crippen molar-refractivity contribution in [3.63, 3.8) is 0 Å². The lowest BCUT2D eigenvalue weighted by atomic mass is 10.1. The van der Waals surface area contributed by atoms with Gasteiger partial charge in [-0.05, 0) is 43.2 Å². The van der Waals surface area contributed by atoms with Gasteiger partial charge in [-0.15, -0.1) is 0 Å². The zero-order valence-corrected chi connectivity index (χ0v) is 15.2. The number of carbonyl (C=O) groups excluding carboxylic acids is 1. The number of benzene rings is 2. The summed E-state index contributed by atoms with van der Waals surface area (Å²) in [7, 11) is -5.13. The van der Waals surface area contributed by atoms with Gasteiger partial charge in [0.25, 0.3) is 5.91 Å². The number of aromatic nitrogens is 1. The van der Waals surface area contributed by atoms with Crippen LogP contribution in [0.3, 0.4) is 0 Å². The van der Waals surface area contributed by atoms with E-state index in [9.17, 15) is 19.1 Å². The number of rotatable bonds is 4. The maximum Gasteiger partial charge on any atom is 0.256 e.